The number of piperidine rings is 1. The summed E-state index contributed by atoms with van der Waals surface area (Å²) in [5.41, 5.74) is 0. The van der Waals surface area contributed by atoms with Crippen LogP contribution < -0.4 is 10.6 Å². The number of likely N-dealkylation sites (tertiary alicyclic amines) is 1. The van der Waals surface area contributed by atoms with Crippen LogP contribution in [0.3, 0.4) is 0 Å². The topological polar surface area (TPSA) is 69.2 Å². The van der Waals surface area contributed by atoms with Crippen molar-refractivity contribution in [2.24, 2.45) is 16.8 Å². The standard InChI is InChI=1S/C19H37N5O2/c1-16-5-10-24(11-6-16)9-4-8-20-19(22-14-18(25)23(2)3)21-13-17-7-12-26-15-17/h16-17H,4-15H2,1-3H3,(H2,20,21,22). The summed E-state index contributed by atoms with van der Waals surface area (Å²) in [4.78, 5) is 20.4. The number of nitrogens with one attached hydrogen (secondary N) is 2. The van der Waals surface area contributed by atoms with Gasteiger partial charge in [-0.2, -0.15) is 0 Å². The number of likely N-dealkylation sites (N-methyl/N-ethyl adjacent to an activating group) is 1. The molecule has 2 rings (SSSR count). The van der Waals surface area contributed by atoms with Gasteiger partial charge in [-0.3, -0.25) is 4.79 Å². The first-order valence-electron chi connectivity index (χ1n) is 10.1. The van der Waals surface area contributed by atoms with Crippen LogP contribution in [-0.4, -0.2) is 88.2 Å². The smallest absolute Gasteiger partial charge is 0.243 e. The number of amides is 1. The zero-order valence-corrected chi connectivity index (χ0v) is 16.8. The minimum absolute atomic E-state index is 0.0118. The predicted molar refractivity (Wildman–Crippen MR) is 105 cm³/mol. The van der Waals surface area contributed by atoms with Crippen LogP contribution in [0, 0.1) is 11.8 Å². The van der Waals surface area contributed by atoms with Crippen LogP contribution in [0.4, 0.5) is 0 Å². The third-order valence-electron chi connectivity index (χ3n) is 5.27. The van der Waals surface area contributed by atoms with Gasteiger partial charge in [0.05, 0.1) is 6.61 Å². The molecule has 0 spiro atoms. The molecule has 2 N–H and O–H groups in total. The van der Waals surface area contributed by atoms with E-state index in [2.05, 4.69) is 27.4 Å². The van der Waals surface area contributed by atoms with E-state index in [0.29, 0.717) is 5.92 Å². The van der Waals surface area contributed by atoms with Gasteiger partial charge in [0, 0.05) is 39.7 Å². The summed E-state index contributed by atoms with van der Waals surface area (Å²) in [5, 5.41) is 6.76. The van der Waals surface area contributed by atoms with Crippen molar-refractivity contribution >= 4 is 11.9 Å². The number of hydrogen-bond acceptors (Lipinski definition) is 4. The maximum absolute atomic E-state index is 11.8. The molecule has 2 heterocycles. The number of aliphatic imine (C=N–C) groups is 1. The molecule has 0 aromatic carbocycles. The molecular weight excluding hydrogens is 330 g/mol. The van der Waals surface area contributed by atoms with Crippen LogP contribution in [0.15, 0.2) is 4.99 Å². The van der Waals surface area contributed by atoms with E-state index in [-0.39, 0.29) is 12.5 Å². The van der Waals surface area contributed by atoms with E-state index in [1.54, 1.807) is 19.0 Å². The SMILES string of the molecule is CC1CCN(CCCNC(=NCC(=O)N(C)C)NCC2CCOC2)CC1. The highest BCUT2D eigenvalue weighted by Gasteiger charge is 2.17. The van der Waals surface area contributed by atoms with Crippen molar-refractivity contribution in [3.8, 4) is 0 Å². The number of guanidine groups is 1. The molecule has 7 heteroatoms. The van der Waals surface area contributed by atoms with Crippen LogP contribution in [0.25, 0.3) is 0 Å². The zero-order valence-electron chi connectivity index (χ0n) is 16.8. The lowest BCUT2D eigenvalue weighted by molar-refractivity contribution is -0.127. The molecule has 26 heavy (non-hydrogen) atoms. The Hall–Kier alpha value is -1.34. The summed E-state index contributed by atoms with van der Waals surface area (Å²) in [5.74, 6) is 2.15. The van der Waals surface area contributed by atoms with Crippen LogP contribution in [0.5, 0.6) is 0 Å². The summed E-state index contributed by atoms with van der Waals surface area (Å²) in [6.45, 7) is 9.45. The Morgan fingerprint density at radius 2 is 2.00 bits per heavy atom. The molecule has 2 aliphatic heterocycles. The summed E-state index contributed by atoms with van der Waals surface area (Å²) in [6.07, 6.45) is 4.81. The zero-order chi connectivity index (χ0) is 18.8. The van der Waals surface area contributed by atoms with Crippen molar-refractivity contribution in [3.63, 3.8) is 0 Å². The largest absolute Gasteiger partial charge is 0.381 e. The third kappa shape index (κ3) is 7.91. The fourth-order valence-electron chi connectivity index (χ4n) is 3.24. The van der Waals surface area contributed by atoms with Crippen molar-refractivity contribution in [1.29, 1.82) is 0 Å². The van der Waals surface area contributed by atoms with Gasteiger partial charge in [0.25, 0.3) is 0 Å². The average Bonchev–Trinajstić information content (AvgIpc) is 3.15. The molecule has 0 aliphatic carbocycles. The molecule has 0 radical (unpaired) electrons. The molecule has 1 amide bonds. The van der Waals surface area contributed by atoms with Gasteiger partial charge in [0.1, 0.15) is 6.54 Å². The fourth-order valence-corrected chi connectivity index (χ4v) is 3.24. The second-order valence-corrected chi connectivity index (χ2v) is 7.87. The van der Waals surface area contributed by atoms with Gasteiger partial charge in [-0.05, 0) is 51.2 Å². The summed E-state index contributed by atoms with van der Waals surface area (Å²) in [6, 6.07) is 0. The number of ether oxygens (including phenoxy) is 1. The molecule has 7 nitrogen and oxygen atoms in total. The van der Waals surface area contributed by atoms with Gasteiger partial charge in [-0.25, -0.2) is 4.99 Å². The average molecular weight is 368 g/mol. The number of carbonyl (C=O) groups is 1. The van der Waals surface area contributed by atoms with Crippen molar-refractivity contribution in [2.75, 3.05) is 66.6 Å². The molecule has 1 unspecified atom stereocenters. The highest BCUT2D eigenvalue weighted by molar-refractivity contribution is 5.84. The van der Waals surface area contributed by atoms with Crippen molar-refractivity contribution in [2.45, 2.75) is 32.6 Å². The first-order chi connectivity index (χ1) is 12.5. The first-order valence-corrected chi connectivity index (χ1v) is 10.1. The molecule has 2 aliphatic rings. The van der Waals surface area contributed by atoms with Crippen LogP contribution in [0.2, 0.25) is 0 Å². The molecule has 0 aromatic rings. The van der Waals surface area contributed by atoms with E-state index in [0.717, 1.165) is 57.6 Å². The lowest BCUT2D eigenvalue weighted by Gasteiger charge is -2.30. The molecule has 150 valence electrons. The lowest BCUT2D eigenvalue weighted by Crippen LogP contribution is -2.42. The Morgan fingerprint density at radius 3 is 2.65 bits per heavy atom. The molecule has 0 bridgehead atoms. The second kappa shape index (κ2) is 11.4. The second-order valence-electron chi connectivity index (χ2n) is 7.87. The summed E-state index contributed by atoms with van der Waals surface area (Å²) < 4.78 is 5.43. The van der Waals surface area contributed by atoms with Gasteiger partial charge < -0.3 is 25.2 Å². The highest BCUT2D eigenvalue weighted by Crippen LogP contribution is 2.15. The normalized spacial score (nSPS) is 22.4. The minimum Gasteiger partial charge on any atom is -0.381 e. The summed E-state index contributed by atoms with van der Waals surface area (Å²) >= 11 is 0. The Morgan fingerprint density at radius 1 is 1.23 bits per heavy atom. The molecule has 0 saturated carbocycles. The first kappa shape index (κ1) is 21.0. The number of carbonyl (C=O) groups excluding carboxylic acids is 1. The van der Waals surface area contributed by atoms with Crippen LogP contribution in [0.1, 0.15) is 32.6 Å². The third-order valence-corrected chi connectivity index (χ3v) is 5.27. The van der Waals surface area contributed by atoms with E-state index >= 15 is 0 Å². The molecule has 0 aromatic heterocycles. The van der Waals surface area contributed by atoms with Crippen LogP contribution in [-0.2, 0) is 9.53 Å². The Bertz CT molecular complexity index is 441. The van der Waals surface area contributed by atoms with Crippen molar-refractivity contribution in [3.05, 3.63) is 0 Å². The molecule has 2 fully saturated rings. The number of nitrogens with zero attached hydrogens (tertiary/aromatic N) is 3. The van der Waals surface area contributed by atoms with Gasteiger partial charge in [-0.1, -0.05) is 6.92 Å². The van der Waals surface area contributed by atoms with E-state index < -0.39 is 0 Å². The number of hydrogen-bond donors (Lipinski definition) is 2. The minimum atomic E-state index is 0.0118. The van der Waals surface area contributed by atoms with Crippen molar-refractivity contribution in [1.82, 2.24) is 20.4 Å². The summed E-state index contributed by atoms with van der Waals surface area (Å²) in [7, 11) is 3.52. The van der Waals surface area contributed by atoms with Gasteiger partial charge in [-0.15, -0.1) is 0 Å². The quantitative estimate of drug-likeness (QED) is 0.377. The molecular formula is C19H37N5O2. The monoisotopic (exact) mass is 367 g/mol. The van der Waals surface area contributed by atoms with Gasteiger partial charge in [0.2, 0.25) is 5.91 Å². The lowest BCUT2D eigenvalue weighted by atomic mass is 9.99. The number of rotatable bonds is 8. The fraction of sp³-hybridized carbons (Fsp3) is 0.895. The van der Waals surface area contributed by atoms with E-state index in [1.807, 2.05) is 0 Å². The molecule has 2 saturated heterocycles. The Kier molecular flexibility index (Phi) is 9.18. The Labute approximate surface area is 158 Å². The maximum Gasteiger partial charge on any atom is 0.243 e. The predicted octanol–water partition coefficient (Wildman–Crippen LogP) is 0.768. The van der Waals surface area contributed by atoms with E-state index in [1.165, 1.54) is 25.9 Å². The maximum atomic E-state index is 11.8. The molecule has 1 atom stereocenters. The van der Waals surface area contributed by atoms with E-state index in [4.69, 9.17) is 4.74 Å². The van der Waals surface area contributed by atoms with Gasteiger partial charge in [0.15, 0.2) is 5.96 Å². The van der Waals surface area contributed by atoms with Crippen LogP contribution >= 0.6 is 0 Å². The van der Waals surface area contributed by atoms with Crippen molar-refractivity contribution < 1.29 is 9.53 Å². The Balaban J connectivity index is 1.71. The van der Waals surface area contributed by atoms with E-state index in [9.17, 15) is 4.79 Å². The van der Waals surface area contributed by atoms with Gasteiger partial charge >= 0.3 is 0 Å². The highest BCUT2D eigenvalue weighted by atomic mass is 16.5.